The minimum absolute atomic E-state index is 0.114. The topological polar surface area (TPSA) is 100 Å². The lowest BCUT2D eigenvalue weighted by molar-refractivity contribution is -0.120. The zero-order valence-electron chi connectivity index (χ0n) is 10.5. The van der Waals surface area contributed by atoms with Gasteiger partial charge in [-0.2, -0.15) is 0 Å². The molecule has 0 aliphatic heterocycles. The van der Waals surface area contributed by atoms with Gasteiger partial charge in [-0.15, -0.1) is 0 Å². The summed E-state index contributed by atoms with van der Waals surface area (Å²) >= 11 is 0. The minimum Gasteiger partial charge on any atom is -0.386 e. The van der Waals surface area contributed by atoms with E-state index in [-0.39, 0.29) is 23.5 Å². The molecule has 19 heavy (non-hydrogen) atoms. The van der Waals surface area contributed by atoms with Crippen LogP contribution in [0.4, 0.5) is 5.69 Å². The largest absolute Gasteiger partial charge is 0.386 e. The van der Waals surface area contributed by atoms with E-state index in [4.69, 9.17) is 0 Å². The Morgan fingerprint density at radius 2 is 2.21 bits per heavy atom. The molecule has 1 saturated carbocycles. The van der Waals surface area contributed by atoms with Crippen molar-refractivity contribution in [3.63, 3.8) is 0 Å². The summed E-state index contributed by atoms with van der Waals surface area (Å²) < 4.78 is 26.3. The number of sulfonamides is 1. The number of carbonyl (C=O) groups is 1. The molecule has 1 fully saturated rings. The van der Waals surface area contributed by atoms with Gasteiger partial charge < -0.3 is 10.6 Å². The molecule has 7 nitrogen and oxygen atoms in total. The third-order valence-corrected chi connectivity index (χ3v) is 4.02. The summed E-state index contributed by atoms with van der Waals surface area (Å²) in [7, 11) is -2.19. The molecule has 1 aromatic heterocycles. The number of pyridine rings is 1. The summed E-state index contributed by atoms with van der Waals surface area (Å²) in [6, 6.07) is 3.44. The van der Waals surface area contributed by atoms with Gasteiger partial charge >= 0.3 is 0 Å². The highest BCUT2D eigenvalue weighted by molar-refractivity contribution is 7.89. The maximum atomic E-state index is 12.0. The van der Waals surface area contributed by atoms with Crippen LogP contribution in [0.25, 0.3) is 0 Å². The Kier molecular flexibility index (Phi) is 4.01. The first-order valence-electron chi connectivity index (χ1n) is 5.95. The monoisotopic (exact) mass is 284 g/mol. The second-order valence-corrected chi connectivity index (χ2v) is 5.95. The third-order valence-electron chi connectivity index (χ3n) is 2.66. The molecule has 3 N–H and O–H groups in total. The van der Waals surface area contributed by atoms with Crippen LogP contribution in [0.5, 0.6) is 0 Å². The molecule has 0 saturated heterocycles. The summed E-state index contributed by atoms with van der Waals surface area (Å²) in [5.41, 5.74) is 0.387. The quantitative estimate of drug-likeness (QED) is 0.665. The molecule has 1 aliphatic rings. The second kappa shape index (κ2) is 5.54. The maximum absolute atomic E-state index is 12.0. The van der Waals surface area contributed by atoms with Gasteiger partial charge in [0, 0.05) is 19.3 Å². The molecule has 1 heterocycles. The molecule has 1 aliphatic carbocycles. The van der Waals surface area contributed by atoms with Gasteiger partial charge in [0.15, 0.2) is 5.03 Å². The van der Waals surface area contributed by atoms with E-state index >= 15 is 0 Å². The molecule has 2 rings (SSSR count). The van der Waals surface area contributed by atoms with Crippen molar-refractivity contribution in [2.75, 3.05) is 18.9 Å². The van der Waals surface area contributed by atoms with Gasteiger partial charge in [-0.3, -0.25) is 4.79 Å². The van der Waals surface area contributed by atoms with Crippen molar-refractivity contribution < 1.29 is 13.2 Å². The second-order valence-electron chi connectivity index (χ2n) is 4.27. The Morgan fingerprint density at radius 1 is 1.47 bits per heavy atom. The molecular weight excluding hydrogens is 268 g/mol. The zero-order chi connectivity index (χ0) is 13.9. The molecule has 1 aromatic rings. The number of aromatic nitrogens is 1. The average Bonchev–Trinajstić information content (AvgIpc) is 3.20. The Bertz CT molecular complexity index is 569. The van der Waals surface area contributed by atoms with Gasteiger partial charge in [0.25, 0.3) is 10.0 Å². The predicted octanol–water partition coefficient (Wildman–Crippen LogP) is -0.320. The number of anilines is 1. The highest BCUT2D eigenvalue weighted by atomic mass is 32.2. The van der Waals surface area contributed by atoms with Crippen molar-refractivity contribution in [1.29, 1.82) is 0 Å². The molecule has 0 bridgehead atoms. The summed E-state index contributed by atoms with van der Waals surface area (Å²) in [5.74, 6) is -0.326. The Labute approximate surface area is 111 Å². The molecular formula is C11H16N4O3S. The van der Waals surface area contributed by atoms with Crippen molar-refractivity contribution in [3.05, 3.63) is 18.3 Å². The first-order chi connectivity index (χ1) is 9.03. The SMILES string of the molecule is CNc1cccnc1S(=O)(=O)NCC(=O)NC1CC1. The first kappa shape index (κ1) is 13.8. The van der Waals surface area contributed by atoms with E-state index in [0.717, 1.165) is 12.8 Å². The highest BCUT2D eigenvalue weighted by Crippen LogP contribution is 2.18. The normalized spacial score (nSPS) is 15.0. The third kappa shape index (κ3) is 3.65. The van der Waals surface area contributed by atoms with Gasteiger partial charge in [0.2, 0.25) is 5.91 Å². The van der Waals surface area contributed by atoms with E-state index in [1.54, 1.807) is 19.2 Å². The number of amides is 1. The fraction of sp³-hybridized carbons (Fsp3) is 0.455. The van der Waals surface area contributed by atoms with Crippen LogP contribution in [-0.2, 0) is 14.8 Å². The van der Waals surface area contributed by atoms with Crippen molar-refractivity contribution in [1.82, 2.24) is 15.0 Å². The fourth-order valence-electron chi connectivity index (χ4n) is 1.53. The van der Waals surface area contributed by atoms with Crippen LogP contribution in [-0.4, -0.2) is 38.9 Å². The number of hydrogen-bond acceptors (Lipinski definition) is 5. The van der Waals surface area contributed by atoms with Gasteiger partial charge in [-0.1, -0.05) is 0 Å². The number of rotatable bonds is 6. The van der Waals surface area contributed by atoms with Crippen LogP contribution in [0.1, 0.15) is 12.8 Å². The Hall–Kier alpha value is -1.67. The van der Waals surface area contributed by atoms with Crippen molar-refractivity contribution in [3.8, 4) is 0 Å². The van der Waals surface area contributed by atoms with E-state index < -0.39 is 10.0 Å². The molecule has 0 radical (unpaired) electrons. The van der Waals surface area contributed by atoms with Crippen molar-refractivity contribution in [2.45, 2.75) is 23.9 Å². The van der Waals surface area contributed by atoms with Gasteiger partial charge in [0.1, 0.15) is 0 Å². The van der Waals surface area contributed by atoms with E-state index in [0.29, 0.717) is 5.69 Å². The molecule has 1 amide bonds. The lowest BCUT2D eigenvalue weighted by Crippen LogP contribution is -2.38. The number of carbonyl (C=O) groups excluding carboxylic acids is 1. The van der Waals surface area contributed by atoms with Crippen LogP contribution in [0, 0.1) is 0 Å². The summed E-state index contributed by atoms with van der Waals surface area (Å²) in [6.45, 7) is -0.279. The lowest BCUT2D eigenvalue weighted by Gasteiger charge is -2.09. The van der Waals surface area contributed by atoms with Crippen LogP contribution < -0.4 is 15.4 Å². The van der Waals surface area contributed by atoms with Crippen LogP contribution in [0.15, 0.2) is 23.4 Å². The first-order valence-corrected chi connectivity index (χ1v) is 7.43. The molecule has 0 atom stereocenters. The van der Waals surface area contributed by atoms with E-state index in [2.05, 4.69) is 20.3 Å². The van der Waals surface area contributed by atoms with Crippen LogP contribution >= 0.6 is 0 Å². The minimum atomic E-state index is -3.80. The van der Waals surface area contributed by atoms with E-state index in [1.165, 1.54) is 6.20 Å². The van der Waals surface area contributed by atoms with Crippen molar-refractivity contribution in [2.24, 2.45) is 0 Å². The van der Waals surface area contributed by atoms with Crippen molar-refractivity contribution >= 4 is 21.6 Å². The van der Waals surface area contributed by atoms with Gasteiger partial charge in [-0.05, 0) is 25.0 Å². The molecule has 8 heteroatoms. The number of hydrogen-bond donors (Lipinski definition) is 3. The predicted molar refractivity (Wildman–Crippen MR) is 70.1 cm³/mol. The van der Waals surface area contributed by atoms with Gasteiger partial charge in [-0.25, -0.2) is 18.1 Å². The smallest absolute Gasteiger partial charge is 0.260 e. The van der Waals surface area contributed by atoms with E-state index in [9.17, 15) is 13.2 Å². The lowest BCUT2D eigenvalue weighted by atomic mass is 10.4. The van der Waals surface area contributed by atoms with Crippen LogP contribution in [0.2, 0.25) is 0 Å². The Balaban J connectivity index is 2.02. The Morgan fingerprint density at radius 3 is 2.84 bits per heavy atom. The van der Waals surface area contributed by atoms with Crippen LogP contribution in [0.3, 0.4) is 0 Å². The molecule has 0 aromatic carbocycles. The average molecular weight is 284 g/mol. The standard InChI is InChI=1S/C11H16N4O3S/c1-12-9-3-2-6-13-11(9)19(17,18)14-7-10(16)15-8-4-5-8/h2-3,6,8,12,14H,4-5,7H2,1H3,(H,15,16). The van der Waals surface area contributed by atoms with E-state index in [1.807, 2.05) is 0 Å². The number of nitrogens with one attached hydrogen (secondary N) is 3. The summed E-state index contributed by atoms with van der Waals surface area (Å²) in [5, 5.41) is 5.34. The number of nitrogens with zero attached hydrogens (tertiary/aromatic N) is 1. The zero-order valence-corrected chi connectivity index (χ0v) is 11.3. The fourth-order valence-corrected chi connectivity index (χ4v) is 2.65. The highest BCUT2D eigenvalue weighted by Gasteiger charge is 2.25. The molecule has 0 spiro atoms. The van der Waals surface area contributed by atoms with Gasteiger partial charge in [0.05, 0.1) is 12.2 Å². The summed E-state index contributed by atoms with van der Waals surface area (Å²) in [6.07, 6.45) is 3.31. The molecule has 0 unspecified atom stereocenters. The molecule has 104 valence electrons. The maximum Gasteiger partial charge on any atom is 0.260 e. The summed E-state index contributed by atoms with van der Waals surface area (Å²) in [4.78, 5) is 15.3.